The third-order valence-corrected chi connectivity index (χ3v) is 4.07. The van der Waals surface area contributed by atoms with Crippen LogP contribution < -0.4 is 5.32 Å². The first-order valence-corrected chi connectivity index (χ1v) is 7.75. The molecule has 1 aromatic heterocycles. The van der Waals surface area contributed by atoms with Crippen molar-refractivity contribution in [3.63, 3.8) is 0 Å². The van der Waals surface area contributed by atoms with Gasteiger partial charge in [-0.3, -0.25) is 0 Å². The summed E-state index contributed by atoms with van der Waals surface area (Å²) in [6, 6.07) is 4.29. The Bertz CT molecular complexity index is 297. The van der Waals surface area contributed by atoms with Gasteiger partial charge in [0.15, 0.2) is 0 Å². The van der Waals surface area contributed by atoms with Crippen molar-refractivity contribution in [3.8, 4) is 0 Å². The van der Waals surface area contributed by atoms with Gasteiger partial charge in [-0.05, 0) is 37.1 Å². The van der Waals surface area contributed by atoms with E-state index in [9.17, 15) is 0 Å². The molecule has 102 valence electrons. The molecule has 1 fully saturated rings. The van der Waals surface area contributed by atoms with Gasteiger partial charge in [0, 0.05) is 24.6 Å². The predicted octanol–water partition coefficient (Wildman–Crippen LogP) is 2.47. The lowest BCUT2D eigenvalue weighted by Crippen LogP contribution is -2.27. The Morgan fingerprint density at radius 3 is 3.17 bits per heavy atom. The van der Waals surface area contributed by atoms with E-state index in [1.165, 1.54) is 17.7 Å². The number of hydrogen-bond acceptors (Lipinski definition) is 4. The summed E-state index contributed by atoms with van der Waals surface area (Å²) < 4.78 is 11.2. The molecule has 0 amide bonds. The van der Waals surface area contributed by atoms with Gasteiger partial charge in [-0.1, -0.05) is 6.07 Å². The molecule has 3 nitrogen and oxygen atoms in total. The molecule has 1 N–H and O–H groups in total. The predicted molar refractivity (Wildman–Crippen MR) is 75.3 cm³/mol. The summed E-state index contributed by atoms with van der Waals surface area (Å²) in [5, 5.41) is 5.53. The first kappa shape index (κ1) is 14.0. The first-order valence-electron chi connectivity index (χ1n) is 6.87. The number of nitrogens with one attached hydrogen (secondary N) is 1. The van der Waals surface area contributed by atoms with Gasteiger partial charge in [0.2, 0.25) is 0 Å². The number of ether oxygens (including phenoxy) is 2. The molecule has 1 aliphatic heterocycles. The van der Waals surface area contributed by atoms with Crippen LogP contribution in [0.15, 0.2) is 17.5 Å². The lowest BCUT2D eigenvalue weighted by molar-refractivity contribution is -0.0398. The summed E-state index contributed by atoms with van der Waals surface area (Å²) in [5.74, 6) is 0. The van der Waals surface area contributed by atoms with E-state index in [-0.39, 0.29) is 0 Å². The average molecular weight is 269 g/mol. The lowest BCUT2D eigenvalue weighted by Gasteiger charge is -2.22. The van der Waals surface area contributed by atoms with Crippen LogP contribution in [0.1, 0.15) is 24.1 Å². The standard InChI is InChI=1S/C14H23NO2S/c1-2-9-17-13(4-1)12-16-10-8-15-7-6-14-5-3-11-18-14/h3,5,11,13,15H,1-2,4,6-10,12H2. The quantitative estimate of drug-likeness (QED) is 0.735. The van der Waals surface area contributed by atoms with Crippen molar-refractivity contribution in [1.29, 1.82) is 0 Å². The molecule has 0 saturated carbocycles. The second-order valence-corrected chi connectivity index (χ2v) is 5.68. The minimum absolute atomic E-state index is 0.338. The summed E-state index contributed by atoms with van der Waals surface area (Å²) in [6.07, 6.45) is 5.10. The molecule has 0 bridgehead atoms. The zero-order valence-corrected chi connectivity index (χ0v) is 11.7. The molecule has 2 rings (SSSR count). The summed E-state index contributed by atoms with van der Waals surface area (Å²) in [7, 11) is 0. The van der Waals surface area contributed by atoms with E-state index in [4.69, 9.17) is 9.47 Å². The Labute approximate surface area is 113 Å². The van der Waals surface area contributed by atoms with E-state index in [1.807, 2.05) is 11.3 Å². The average Bonchev–Trinajstić information content (AvgIpc) is 2.92. The van der Waals surface area contributed by atoms with E-state index in [0.717, 1.165) is 45.8 Å². The molecule has 1 saturated heterocycles. The first-order chi connectivity index (χ1) is 8.95. The fourth-order valence-electron chi connectivity index (χ4n) is 2.09. The van der Waals surface area contributed by atoms with E-state index in [0.29, 0.717) is 6.10 Å². The minimum Gasteiger partial charge on any atom is -0.377 e. The largest absolute Gasteiger partial charge is 0.377 e. The molecule has 1 unspecified atom stereocenters. The maximum Gasteiger partial charge on any atom is 0.0808 e. The SMILES string of the molecule is c1csc(CCNCCOCC2CCCCO2)c1. The summed E-state index contributed by atoms with van der Waals surface area (Å²) >= 11 is 1.82. The highest BCUT2D eigenvalue weighted by atomic mass is 32.1. The number of hydrogen-bond donors (Lipinski definition) is 1. The van der Waals surface area contributed by atoms with Crippen molar-refractivity contribution in [3.05, 3.63) is 22.4 Å². The van der Waals surface area contributed by atoms with Crippen LogP contribution in [-0.2, 0) is 15.9 Å². The monoisotopic (exact) mass is 269 g/mol. The highest BCUT2D eigenvalue weighted by Crippen LogP contribution is 2.12. The van der Waals surface area contributed by atoms with Gasteiger partial charge in [0.25, 0.3) is 0 Å². The van der Waals surface area contributed by atoms with Gasteiger partial charge in [0.1, 0.15) is 0 Å². The van der Waals surface area contributed by atoms with Crippen LogP contribution in [0.5, 0.6) is 0 Å². The fraction of sp³-hybridized carbons (Fsp3) is 0.714. The molecule has 4 heteroatoms. The Kier molecular flexibility index (Phi) is 6.72. The third kappa shape index (κ3) is 5.48. The minimum atomic E-state index is 0.338. The van der Waals surface area contributed by atoms with E-state index in [2.05, 4.69) is 22.8 Å². The maximum absolute atomic E-state index is 5.63. The Morgan fingerprint density at radius 1 is 1.39 bits per heavy atom. The summed E-state index contributed by atoms with van der Waals surface area (Å²) in [6.45, 7) is 4.41. The number of rotatable bonds is 8. The van der Waals surface area contributed by atoms with Crippen molar-refractivity contribution < 1.29 is 9.47 Å². The fourth-order valence-corrected chi connectivity index (χ4v) is 2.80. The van der Waals surface area contributed by atoms with Gasteiger partial charge in [-0.25, -0.2) is 0 Å². The summed E-state index contributed by atoms with van der Waals surface area (Å²) in [5.41, 5.74) is 0. The second kappa shape index (κ2) is 8.64. The molecule has 18 heavy (non-hydrogen) atoms. The molecule has 1 atom stereocenters. The molecule has 0 aliphatic carbocycles. The van der Waals surface area contributed by atoms with Crippen molar-refractivity contribution in [1.82, 2.24) is 5.32 Å². The van der Waals surface area contributed by atoms with Crippen LogP contribution in [0, 0.1) is 0 Å². The van der Waals surface area contributed by atoms with Gasteiger partial charge >= 0.3 is 0 Å². The van der Waals surface area contributed by atoms with Gasteiger partial charge in [0.05, 0.1) is 19.3 Å². The number of thiophene rings is 1. The van der Waals surface area contributed by atoms with Crippen molar-refractivity contribution >= 4 is 11.3 Å². The smallest absolute Gasteiger partial charge is 0.0808 e. The van der Waals surface area contributed by atoms with E-state index < -0.39 is 0 Å². The maximum atomic E-state index is 5.63. The van der Waals surface area contributed by atoms with Gasteiger partial charge < -0.3 is 14.8 Å². The highest BCUT2D eigenvalue weighted by Gasteiger charge is 2.13. The molecule has 0 radical (unpaired) electrons. The zero-order chi connectivity index (χ0) is 12.5. The lowest BCUT2D eigenvalue weighted by atomic mass is 10.1. The van der Waals surface area contributed by atoms with Crippen molar-refractivity contribution in [2.45, 2.75) is 31.8 Å². The Balaban J connectivity index is 1.39. The van der Waals surface area contributed by atoms with Crippen LogP contribution in [0.4, 0.5) is 0 Å². The normalized spacial score (nSPS) is 20.1. The van der Waals surface area contributed by atoms with Crippen LogP contribution >= 0.6 is 11.3 Å². The third-order valence-electron chi connectivity index (χ3n) is 3.13. The van der Waals surface area contributed by atoms with Crippen LogP contribution in [-0.4, -0.2) is 39.0 Å². The zero-order valence-electron chi connectivity index (χ0n) is 10.9. The van der Waals surface area contributed by atoms with Crippen LogP contribution in [0.25, 0.3) is 0 Å². The molecular weight excluding hydrogens is 246 g/mol. The topological polar surface area (TPSA) is 30.5 Å². The molecule has 0 spiro atoms. The Morgan fingerprint density at radius 2 is 2.39 bits per heavy atom. The van der Waals surface area contributed by atoms with Crippen LogP contribution in [0.3, 0.4) is 0 Å². The van der Waals surface area contributed by atoms with Crippen LogP contribution in [0.2, 0.25) is 0 Å². The van der Waals surface area contributed by atoms with Crippen molar-refractivity contribution in [2.75, 3.05) is 32.9 Å². The van der Waals surface area contributed by atoms with E-state index >= 15 is 0 Å². The molecule has 1 aromatic rings. The highest BCUT2D eigenvalue weighted by molar-refractivity contribution is 7.09. The summed E-state index contributed by atoms with van der Waals surface area (Å²) in [4.78, 5) is 1.44. The molecule has 0 aromatic carbocycles. The Hall–Kier alpha value is -0.420. The van der Waals surface area contributed by atoms with E-state index in [1.54, 1.807) is 0 Å². The second-order valence-electron chi connectivity index (χ2n) is 4.64. The van der Waals surface area contributed by atoms with Gasteiger partial charge in [-0.2, -0.15) is 0 Å². The molecular formula is C14H23NO2S. The van der Waals surface area contributed by atoms with Gasteiger partial charge in [-0.15, -0.1) is 11.3 Å². The molecule has 1 aliphatic rings. The van der Waals surface area contributed by atoms with Crippen molar-refractivity contribution in [2.24, 2.45) is 0 Å². The molecule has 2 heterocycles.